The van der Waals surface area contributed by atoms with Crippen molar-refractivity contribution in [3.8, 4) is 0 Å². The summed E-state index contributed by atoms with van der Waals surface area (Å²) in [4.78, 5) is 12.1. The minimum Gasteiger partial charge on any atom is -0.478 e. The van der Waals surface area contributed by atoms with Crippen molar-refractivity contribution in [2.75, 3.05) is 5.32 Å². The molecule has 0 saturated heterocycles. The highest BCUT2D eigenvalue weighted by Gasteiger charge is 2.40. The van der Waals surface area contributed by atoms with Gasteiger partial charge in [0.25, 0.3) is 0 Å². The number of nitrogens with one attached hydrogen (secondary N) is 1. The molecule has 5 heteroatoms. The van der Waals surface area contributed by atoms with Gasteiger partial charge in [-0.25, -0.2) is 4.79 Å². The number of ether oxygens (including phenoxy) is 1. The molecule has 2 radical (unpaired) electrons. The van der Waals surface area contributed by atoms with Crippen molar-refractivity contribution in [3.05, 3.63) is 108 Å². The second kappa shape index (κ2) is 10.2. The Kier molecular flexibility index (Phi) is 7.45. The predicted molar refractivity (Wildman–Crippen MR) is 120 cm³/mol. The largest absolute Gasteiger partial charge is 0.478 e. The quantitative estimate of drug-likeness (QED) is 0.408. The van der Waals surface area contributed by atoms with Crippen molar-refractivity contribution in [2.45, 2.75) is 38.5 Å². The summed E-state index contributed by atoms with van der Waals surface area (Å²) in [6, 6.07) is 24.5. The summed E-state index contributed by atoms with van der Waals surface area (Å²) in [5, 5.41) is 23.8. The molecule has 0 aliphatic rings. The number of anilines is 1. The predicted octanol–water partition coefficient (Wildman–Crippen LogP) is 4.92. The molecule has 0 aliphatic heterocycles. The molecular formula is C26H27NO4. The van der Waals surface area contributed by atoms with Gasteiger partial charge in [0.15, 0.2) is 0 Å². The van der Waals surface area contributed by atoms with E-state index in [2.05, 4.69) is 11.9 Å². The van der Waals surface area contributed by atoms with E-state index in [9.17, 15) is 15.0 Å². The van der Waals surface area contributed by atoms with Gasteiger partial charge in [-0.15, -0.1) is 0 Å². The second-order valence-electron chi connectivity index (χ2n) is 7.60. The molecule has 3 N–H and O–H groups in total. The highest BCUT2D eigenvalue weighted by Crippen LogP contribution is 2.32. The number of hydrogen-bond acceptors (Lipinski definition) is 4. The van der Waals surface area contributed by atoms with Crippen molar-refractivity contribution in [2.24, 2.45) is 0 Å². The standard InChI is InChI=1S/C26H27NO4/c1-19-10-9-15-24(20(19)2)27-26(30,25(28)29)16-23(22-13-7-4-8-14-22)18-31-17-21-11-5-3-6-12-21/h3-15,23,27,30H,16-17H2,1-2H3,(H,28,29). The van der Waals surface area contributed by atoms with Crippen molar-refractivity contribution >= 4 is 11.7 Å². The van der Waals surface area contributed by atoms with E-state index in [0.717, 1.165) is 22.3 Å². The van der Waals surface area contributed by atoms with Gasteiger partial charge >= 0.3 is 5.97 Å². The Morgan fingerprint density at radius 1 is 1.00 bits per heavy atom. The maximum absolute atomic E-state index is 12.1. The molecule has 0 heterocycles. The highest BCUT2D eigenvalue weighted by molar-refractivity contribution is 5.81. The molecule has 160 valence electrons. The summed E-state index contributed by atoms with van der Waals surface area (Å²) in [6.45, 7) is 7.07. The van der Waals surface area contributed by atoms with Gasteiger partial charge in [0, 0.05) is 18.0 Å². The van der Waals surface area contributed by atoms with Gasteiger partial charge in [0.2, 0.25) is 5.72 Å². The van der Waals surface area contributed by atoms with Crippen LogP contribution in [-0.4, -0.2) is 21.9 Å². The molecule has 0 aromatic heterocycles. The SMILES string of the molecule is Cc1cccc(NC(O)(CC([C]OCc2ccccc2)c2ccccc2)C(=O)O)c1C. The normalized spacial score (nSPS) is 13.9. The minimum absolute atomic E-state index is 0.158. The number of carbonyl (C=O) groups is 1. The Bertz CT molecular complexity index is 991. The zero-order valence-corrected chi connectivity index (χ0v) is 17.7. The number of aliphatic hydroxyl groups is 1. The fourth-order valence-corrected chi connectivity index (χ4v) is 3.31. The van der Waals surface area contributed by atoms with Crippen LogP contribution in [0.1, 0.15) is 34.6 Å². The molecule has 0 amide bonds. The number of benzene rings is 3. The van der Waals surface area contributed by atoms with Crippen LogP contribution in [0.4, 0.5) is 5.69 Å². The highest BCUT2D eigenvalue weighted by atomic mass is 16.5. The third-order valence-corrected chi connectivity index (χ3v) is 5.31. The van der Waals surface area contributed by atoms with Crippen LogP contribution < -0.4 is 5.32 Å². The van der Waals surface area contributed by atoms with E-state index in [4.69, 9.17) is 4.74 Å². The Hall–Kier alpha value is -3.15. The molecule has 5 nitrogen and oxygen atoms in total. The third kappa shape index (κ3) is 5.94. The number of rotatable bonds is 10. The van der Waals surface area contributed by atoms with Crippen LogP contribution in [0.5, 0.6) is 0 Å². The molecular weight excluding hydrogens is 390 g/mol. The average molecular weight is 418 g/mol. The van der Waals surface area contributed by atoms with E-state index in [1.54, 1.807) is 6.07 Å². The van der Waals surface area contributed by atoms with Gasteiger partial charge in [0.05, 0.1) is 6.61 Å². The monoisotopic (exact) mass is 417 g/mol. The van der Waals surface area contributed by atoms with E-state index < -0.39 is 17.6 Å². The summed E-state index contributed by atoms with van der Waals surface area (Å²) in [6.07, 6.45) is -0.158. The molecule has 3 rings (SSSR count). The Balaban J connectivity index is 1.80. The molecule has 0 bridgehead atoms. The van der Waals surface area contributed by atoms with E-state index in [1.165, 1.54) is 0 Å². The van der Waals surface area contributed by atoms with Crippen LogP contribution in [-0.2, 0) is 16.1 Å². The molecule has 0 saturated carbocycles. The Labute approximate surface area is 183 Å². The lowest BCUT2D eigenvalue weighted by Gasteiger charge is -2.30. The van der Waals surface area contributed by atoms with Gasteiger partial charge in [-0.1, -0.05) is 72.8 Å². The minimum atomic E-state index is -2.21. The van der Waals surface area contributed by atoms with E-state index >= 15 is 0 Å². The Morgan fingerprint density at radius 3 is 2.29 bits per heavy atom. The lowest BCUT2D eigenvalue weighted by molar-refractivity contribution is -0.156. The van der Waals surface area contributed by atoms with Gasteiger partial charge in [-0.3, -0.25) is 0 Å². The van der Waals surface area contributed by atoms with Crippen molar-refractivity contribution < 1.29 is 19.7 Å². The maximum Gasteiger partial charge on any atom is 0.357 e. The lowest BCUT2D eigenvalue weighted by atomic mass is 9.90. The molecule has 31 heavy (non-hydrogen) atoms. The van der Waals surface area contributed by atoms with Crippen LogP contribution in [0.25, 0.3) is 0 Å². The fourth-order valence-electron chi connectivity index (χ4n) is 3.31. The van der Waals surface area contributed by atoms with Gasteiger partial charge in [-0.05, 0) is 42.2 Å². The number of carboxylic acids is 1. The summed E-state index contributed by atoms with van der Waals surface area (Å²) in [5.74, 6) is -1.93. The topological polar surface area (TPSA) is 78.8 Å². The number of hydrogen-bond donors (Lipinski definition) is 3. The first-order chi connectivity index (χ1) is 14.9. The first-order valence-electron chi connectivity index (χ1n) is 10.2. The smallest absolute Gasteiger partial charge is 0.357 e. The molecule has 3 aromatic rings. The summed E-state index contributed by atoms with van der Waals surface area (Å²) >= 11 is 0. The lowest BCUT2D eigenvalue weighted by Crippen LogP contribution is -2.47. The zero-order chi connectivity index (χ0) is 22.3. The van der Waals surface area contributed by atoms with Crippen LogP contribution in [0.2, 0.25) is 0 Å². The van der Waals surface area contributed by atoms with Gasteiger partial charge in [-0.2, -0.15) is 0 Å². The van der Waals surface area contributed by atoms with E-state index in [0.29, 0.717) is 12.3 Å². The summed E-state index contributed by atoms with van der Waals surface area (Å²) < 4.78 is 5.67. The van der Waals surface area contributed by atoms with Gasteiger partial charge in [0.1, 0.15) is 6.61 Å². The molecule has 2 unspecified atom stereocenters. The van der Waals surface area contributed by atoms with E-state index in [-0.39, 0.29) is 6.42 Å². The fraction of sp³-hybridized carbons (Fsp3) is 0.231. The first kappa shape index (κ1) is 22.5. The maximum atomic E-state index is 12.1. The van der Waals surface area contributed by atoms with Crippen LogP contribution in [0.3, 0.4) is 0 Å². The second-order valence-corrected chi connectivity index (χ2v) is 7.60. The van der Waals surface area contributed by atoms with Crippen molar-refractivity contribution in [1.29, 1.82) is 0 Å². The van der Waals surface area contributed by atoms with Crippen LogP contribution >= 0.6 is 0 Å². The van der Waals surface area contributed by atoms with Crippen LogP contribution in [0, 0.1) is 20.5 Å². The molecule has 0 fully saturated rings. The molecule has 2 atom stereocenters. The van der Waals surface area contributed by atoms with Crippen molar-refractivity contribution in [1.82, 2.24) is 0 Å². The zero-order valence-electron chi connectivity index (χ0n) is 17.7. The Morgan fingerprint density at radius 2 is 1.65 bits per heavy atom. The molecule has 0 spiro atoms. The average Bonchev–Trinajstić information content (AvgIpc) is 2.77. The molecule has 3 aromatic carbocycles. The van der Waals surface area contributed by atoms with E-state index in [1.807, 2.05) is 86.6 Å². The third-order valence-electron chi connectivity index (χ3n) is 5.31. The van der Waals surface area contributed by atoms with Gasteiger partial charge < -0.3 is 20.3 Å². The van der Waals surface area contributed by atoms with Crippen molar-refractivity contribution in [3.63, 3.8) is 0 Å². The number of carboxylic acid groups (broad SMARTS) is 1. The summed E-state index contributed by atoms with van der Waals surface area (Å²) in [7, 11) is 0. The van der Waals surface area contributed by atoms with Crippen LogP contribution in [0.15, 0.2) is 78.9 Å². The number of aryl methyl sites for hydroxylation is 1. The first-order valence-corrected chi connectivity index (χ1v) is 10.2. The molecule has 0 aliphatic carbocycles. The summed E-state index contributed by atoms with van der Waals surface area (Å²) in [5.41, 5.74) is 2.03. The number of aliphatic carboxylic acids is 1.